The molecular weight excluding hydrogens is 202 g/mol. The number of rotatable bonds is 4. The molecule has 0 aromatic heterocycles. The lowest BCUT2D eigenvalue weighted by atomic mass is 9.88. The standard InChI is InChI=1S/C13H19NO2/c1-14(12-5-3-2-4-6-12)9-13(10-15)7-8-16-11-13/h2-6,15H,7-11H2,1H3. The number of hydrogen-bond acceptors (Lipinski definition) is 3. The number of ether oxygens (including phenoxy) is 1. The molecule has 0 amide bonds. The lowest BCUT2D eigenvalue weighted by molar-refractivity contribution is 0.0986. The van der Waals surface area contributed by atoms with E-state index in [9.17, 15) is 5.11 Å². The lowest BCUT2D eigenvalue weighted by Gasteiger charge is -2.31. The summed E-state index contributed by atoms with van der Waals surface area (Å²) in [7, 11) is 2.06. The van der Waals surface area contributed by atoms with Crippen LogP contribution < -0.4 is 4.90 Å². The Hall–Kier alpha value is -1.06. The van der Waals surface area contributed by atoms with Crippen molar-refractivity contribution in [2.75, 3.05) is 38.3 Å². The number of hydrogen-bond donors (Lipinski definition) is 1. The van der Waals surface area contributed by atoms with Crippen molar-refractivity contribution in [1.29, 1.82) is 0 Å². The van der Waals surface area contributed by atoms with Gasteiger partial charge in [-0.05, 0) is 18.6 Å². The summed E-state index contributed by atoms with van der Waals surface area (Å²) in [5.41, 5.74) is 1.10. The third kappa shape index (κ3) is 2.36. The fraction of sp³-hybridized carbons (Fsp3) is 0.538. The molecule has 0 aliphatic carbocycles. The van der Waals surface area contributed by atoms with Gasteiger partial charge in [-0.1, -0.05) is 18.2 Å². The summed E-state index contributed by atoms with van der Waals surface area (Å²) in [5, 5.41) is 9.51. The third-order valence-electron chi connectivity index (χ3n) is 3.29. The van der Waals surface area contributed by atoms with Crippen LogP contribution in [0.3, 0.4) is 0 Å². The van der Waals surface area contributed by atoms with Gasteiger partial charge in [0.05, 0.1) is 13.2 Å². The van der Waals surface area contributed by atoms with E-state index in [1.54, 1.807) is 0 Å². The van der Waals surface area contributed by atoms with Crippen molar-refractivity contribution in [2.24, 2.45) is 5.41 Å². The molecule has 16 heavy (non-hydrogen) atoms. The zero-order valence-corrected chi connectivity index (χ0v) is 9.72. The second-order valence-corrected chi connectivity index (χ2v) is 4.65. The number of aliphatic hydroxyl groups is 1. The Morgan fingerprint density at radius 3 is 2.69 bits per heavy atom. The van der Waals surface area contributed by atoms with Gasteiger partial charge in [0.15, 0.2) is 0 Å². The molecule has 0 radical (unpaired) electrons. The number of para-hydroxylation sites is 1. The fourth-order valence-electron chi connectivity index (χ4n) is 2.23. The van der Waals surface area contributed by atoms with Crippen LogP contribution in [0.1, 0.15) is 6.42 Å². The summed E-state index contributed by atoms with van der Waals surface area (Å²) >= 11 is 0. The molecule has 1 aromatic carbocycles. The molecule has 0 spiro atoms. The smallest absolute Gasteiger partial charge is 0.0562 e. The largest absolute Gasteiger partial charge is 0.396 e. The van der Waals surface area contributed by atoms with Crippen LogP contribution in [0.2, 0.25) is 0 Å². The minimum Gasteiger partial charge on any atom is -0.396 e. The van der Waals surface area contributed by atoms with Crippen LogP contribution in [-0.2, 0) is 4.74 Å². The Morgan fingerprint density at radius 2 is 2.12 bits per heavy atom. The molecule has 2 rings (SSSR count). The van der Waals surface area contributed by atoms with Crippen molar-refractivity contribution in [3.05, 3.63) is 30.3 Å². The normalized spacial score (nSPS) is 24.6. The van der Waals surface area contributed by atoms with Crippen molar-refractivity contribution in [3.8, 4) is 0 Å². The van der Waals surface area contributed by atoms with E-state index >= 15 is 0 Å². The summed E-state index contributed by atoms with van der Waals surface area (Å²) in [6.07, 6.45) is 0.945. The molecule has 1 aliphatic rings. The predicted molar refractivity (Wildman–Crippen MR) is 64.7 cm³/mol. The van der Waals surface area contributed by atoms with E-state index in [4.69, 9.17) is 4.74 Å². The second kappa shape index (κ2) is 4.85. The van der Waals surface area contributed by atoms with Crippen molar-refractivity contribution in [3.63, 3.8) is 0 Å². The first-order valence-electron chi connectivity index (χ1n) is 5.71. The van der Waals surface area contributed by atoms with Crippen molar-refractivity contribution < 1.29 is 9.84 Å². The Balaban J connectivity index is 2.03. The van der Waals surface area contributed by atoms with Gasteiger partial charge in [0.1, 0.15) is 0 Å². The number of benzene rings is 1. The van der Waals surface area contributed by atoms with Crippen LogP contribution in [0.25, 0.3) is 0 Å². The maximum absolute atomic E-state index is 9.51. The van der Waals surface area contributed by atoms with E-state index in [0.29, 0.717) is 6.61 Å². The summed E-state index contributed by atoms with van der Waals surface area (Å²) in [5.74, 6) is 0. The number of nitrogens with zero attached hydrogens (tertiary/aromatic N) is 1. The van der Waals surface area contributed by atoms with Gasteiger partial charge in [-0.3, -0.25) is 0 Å². The molecule has 1 heterocycles. The molecule has 0 saturated carbocycles. The Kier molecular flexibility index (Phi) is 3.46. The summed E-state index contributed by atoms with van der Waals surface area (Å²) < 4.78 is 5.40. The lowest BCUT2D eigenvalue weighted by Crippen LogP contribution is -2.39. The van der Waals surface area contributed by atoms with Gasteiger partial charge in [-0.2, -0.15) is 0 Å². The molecule has 1 fully saturated rings. The van der Waals surface area contributed by atoms with E-state index in [1.165, 1.54) is 5.69 Å². The van der Waals surface area contributed by atoms with Crippen LogP contribution in [0.15, 0.2) is 30.3 Å². The Bertz CT molecular complexity index is 320. The van der Waals surface area contributed by atoms with Crippen molar-refractivity contribution in [1.82, 2.24) is 0 Å². The minimum absolute atomic E-state index is 0.0788. The van der Waals surface area contributed by atoms with Crippen LogP contribution in [0, 0.1) is 5.41 Å². The highest BCUT2D eigenvalue weighted by Gasteiger charge is 2.35. The molecular formula is C13H19NO2. The van der Waals surface area contributed by atoms with Gasteiger partial charge in [0, 0.05) is 31.3 Å². The van der Waals surface area contributed by atoms with E-state index < -0.39 is 0 Å². The van der Waals surface area contributed by atoms with Gasteiger partial charge >= 0.3 is 0 Å². The SMILES string of the molecule is CN(CC1(CO)CCOC1)c1ccccc1. The zero-order chi connectivity index (χ0) is 11.4. The molecule has 1 aliphatic heterocycles. The van der Waals surface area contributed by atoms with E-state index in [1.807, 2.05) is 18.2 Å². The van der Waals surface area contributed by atoms with Gasteiger partial charge in [-0.25, -0.2) is 0 Å². The highest BCUT2D eigenvalue weighted by Crippen LogP contribution is 2.30. The van der Waals surface area contributed by atoms with Gasteiger partial charge < -0.3 is 14.7 Å². The van der Waals surface area contributed by atoms with Crippen molar-refractivity contribution >= 4 is 5.69 Å². The van der Waals surface area contributed by atoms with Crippen LogP contribution in [-0.4, -0.2) is 38.5 Å². The van der Waals surface area contributed by atoms with E-state index in [2.05, 4.69) is 24.1 Å². The maximum atomic E-state index is 9.51. The van der Waals surface area contributed by atoms with Crippen LogP contribution >= 0.6 is 0 Å². The highest BCUT2D eigenvalue weighted by molar-refractivity contribution is 5.45. The first-order chi connectivity index (χ1) is 7.76. The second-order valence-electron chi connectivity index (χ2n) is 4.65. The van der Waals surface area contributed by atoms with Crippen molar-refractivity contribution in [2.45, 2.75) is 6.42 Å². The summed E-state index contributed by atoms with van der Waals surface area (Å²) in [6, 6.07) is 10.2. The average molecular weight is 221 g/mol. The molecule has 1 aromatic rings. The van der Waals surface area contributed by atoms with Gasteiger partial charge in [0.2, 0.25) is 0 Å². The average Bonchev–Trinajstić information content (AvgIpc) is 2.79. The molecule has 1 atom stereocenters. The molecule has 88 valence electrons. The zero-order valence-electron chi connectivity index (χ0n) is 9.72. The number of aliphatic hydroxyl groups excluding tert-OH is 1. The minimum atomic E-state index is -0.0788. The first-order valence-corrected chi connectivity index (χ1v) is 5.71. The van der Waals surface area contributed by atoms with Crippen LogP contribution in [0.4, 0.5) is 5.69 Å². The Labute approximate surface area is 96.6 Å². The maximum Gasteiger partial charge on any atom is 0.0562 e. The van der Waals surface area contributed by atoms with Crippen LogP contribution in [0.5, 0.6) is 0 Å². The van der Waals surface area contributed by atoms with Gasteiger partial charge in [0.25, 0.3) is 0 Å². The molecule has 3 heteroatoms. The van der Waals surface area contributed by atoms with Gasteiger partial charge in [-0.15, -0.1) is 0 Å². The highest BCUT2D eigenvalue weighted by atomic mass is 16.5. The van der Waals surface area contributed by atoms with E-state index in [0.717, 1.165) is 19.6 Å². The van der Waals surface area contributed by atoms with E-state index in [-0.39, 0.29) is 12.0 Å². The quantitative estimate of drug-likeness (QED) is 0.836. The number of anilines is 1. The monoisotopic (exact) mass is 221 g/mol. The first kappa shape index (κ1) is 11.4. The topological polar surface area (TPSA) is 32.7 Å². The predicted octanol–water partition coefficient (Wildman–Crippen LogP) is 1.52. The third-order valence-corrected chi connectivity index (χ3v) is 3.29. The fourth-order valence-corrected chi connectivity index (χ4v) is 2.23. The molecule has 1 saturated heterocycles. The molecule has 0 bridgehead atoms. The summed E-state index contributed by atoms with van der Waals surface area (Å²) in [6.45, 7) is 2.47. The molecule has 1 N–H and O–H groups in total. The Morgan fingerprint density at radius 1 is 1.38 bits per heavy atom. The molecule has 3 nitrogen and oxygen atoms in total. The molecule has 1 unspecified atom stereocenters. The summed E-state index contributed by atoms with van der Waals surface area (Å²) in [4.78, 5) is 2.19.